The van der Waals surface area contributed by atoms with Gasteiger partial charge in [-0.05, 0) is 55.7 Å². The molecule has 1 aliphatic carbocycles. The highest BCUT2D eigenvalue weighted by Gasteiger charge is 2.55. The van der Waals surface area contributed by atoms with Crippen molar-refractivity contribution < 1.29 is 4.84 Å². The quantitative estimate of drug-likeness (QED) is 0.789. The molecule has 1 aliphatic heterocycles. The molecule has 2 aliphatic rings. The van der Waals surface area contributed by atoms with E-state index in [9.17, 15) is 5.26 Å². The topological polar surface area (TPSA) is 36.3 Å². The summed E-state index contributed by atoms with van der Waals surface area (Å²) < 4.78 is 0. The van der Waals surface area contributed by atoms with E-state index in [2.05, 4.69) is 58.0 Å². The molecule has 1 heterocycles. The van der Waals surface area contributed by atoms with Crippen LogP contribution in [0.2, 0.25) is 0 Å². The molecule has 0 aromatic heterocycles. The third kappa shape index (κ3) is 2.35. The summed E-state index contributed by atoms with van der Waals surface area (Å²) in [7, 11) is 2.07. The average Bonchev–Trinajstić information content (AvgIpc) is 2.68. The SMILES string of the molecule is CC1C[C@@](C)(c2cccc(C#N)c2)C[C@@H]2[C@@H]1N(C)OC2(C)C. The van der Waals surface area contributed by atoms with Crippen molar-refractivity contribution in [3.8, 4) is 6.07 Å². The number of hydrogen-bond donors (Lipinski definition) is 0. The smallest absolute Gasteiger partial charge is 0.0991 e. The van der Waals surface area contributed by atoms with E-state index in [1.807, 2.05) is 12.1 Å². The number of benzene rings is 1. The van der Waals surface area contributed by atoms with Crippen LogP contribution in [0.5, 0.6) is 0 Å². The molecule has 0 radical (unpaired) electrons. The average molecular weight is 298 g/mol. The van der Waals surface area contributed by atoms with Crippen LogP contribution in [-0.2, 0) is 10.3 Å². The van der Waals surface area contributed by atoms with Crippen LogP contribution in [-0.4, -0.2) is 23.8 Å². The first kappa shape index (κ1) is 15.5. The van der Waals surface area contributed by atoms with Gasteiger partial charge in [-0.3, -0.25) is 4.84 Å². The molecule has 3 rings (SSSR count). The van der Waals surface area contributed by atoms with Crippen molar-refractivity contribution in [2.24, 2.45) is 11.8 Å². The minimum atomic E-state index is -0.123. The second-order valence-corrected chi connectivity index (χ2v) is 7.98. The van der Waals surface area contributed by atoms with Crippen LogP contribution >= 0.6 is 0 Å². The van der Waals surface area contributed by atoms with Crippen LogP contribution in [0.15, 0.2) is 24.3 Å². The van der Waals surface area contributed by atoms with Gasteiger partial charge in [0.2, 0.25) is 0 Å². The first-order valence-electron chi connectivity index (χ1n) is 8.19. The molecule has 1 unspecified atom stereocenters. The molecule has 0 N–H and O–H groups in total. The van der Waals surface area contributed by atoms with E-state index in [-0.39, 0.29) is 11.0 Å². The zero-order chi connectivity index (χ0) is 16.1. The van der Waals surface area contributed by atoms with Crippen LogP contribution < -0.4 is 0 Å². The lowest BCUT2D eigenvalue weighted by molar-refractivity contribution is -0.182. The van der Waals surface area contributed by atoms with Crippen LogP contribution in [0.25, 0.3) is 0 Å². The minimum absolute atomic E-state index is 0.110. The Labute approximate surface area is 133 Å². The molecule has 2 fully saturated rings. The van der Waals surface area contributed by atoms with Gasteiger partial charge in [0, 0.05) is 19.0 Å². The molecule has 4 atom stereocenters. The van der Waals surface area contributed by atoms with Crippen LogP contribution in [0.4, 0.5) is 0 Å². The zero-order valence-corrected chi connectivity index (χ0v) is 14.3. The number of hydrogen-bond acceptors (Lipinski definition) is 3. The summed E-state index contributed by atoms with van der Waals surface area (Å²) in [4.78, 5) is 6.12. The Morgan fingerprint density at radius 2 is 2.00 bits per heavy atom. The Morgan fingerprint density at radius 3 is 2.68 bits per heavy atom. The number of fused-ring (bicyclic) bond motifs is 1. The van der Waals surface area contributed by atoms with Crippen molar-refractivity contribution in [3.05, 3.63) is 35.4 Å². The maximum absolute atomic E-state index is 9.19. The molecular formula is C19H26N2O. The first-order chi connectivity index (χ1) is 10.3. The molecule has 118 valence electrons. The van der Waals surface area contributed by atoms with Gasteiger partial charge in [-0.25, -0.2) is 0 Å². The Morgan fingerprint density at radius 1 is 1.27 bits per heavy atom. The third-order valence-electron chi connectivity index (χ3n) is 5.82. The molecule has 0 spiro atoms. The maximum Gasteiger partial charge on any atom is 0.0991 e. The number of rotatable bonds is 1. The van der Waals surface area contributed by atoms with Crippen molar-refractivity contribution in [2.45, 2.75) is 57.6 Å². The van der Waals surface area contributed by atoms with Gasteiger partial charge in [0.1, 0.15) is 0 Å². The number of hydroxylamine groups is 2. The Hall–Kier alpha value is -1.37. The van der Waals surface area contributed by atoms with Gasteiger partial charge in [0.15, 0.2) is 0 Å². The van der Waals surface area contributed by atoms with E-state index < -0.39 is 0 Å². The maximum atomic E-state index is 9.19. The normalized spacial score (nSPS) is 37.5. The number of nitriles is 1. The fourth-order valence-corrected chi connectivity index (χ4v) is 4.89. The van der Waals surface area contributed by atoms with Gasteiger partial charge in [-0.1, -0.05) is 26.0 Å². The van der Waals surface area contributed by atoms with Gasteiger partial charge in [-0.2, -0.15) is 10.3 Å². The highest BCUT2D eigenvalue weighted by Crippen LogP contribution is 2.53. The second-order valence-electron chi connectivity index (χ2n) is 7.98. The van der Waals surface area contributed by atoms with E-state index >= 15 is 0 Å². The lowest BCUT2D eigenvalue weighted by atomic mass is 9.59. The lowest BCUT2D eigenvalue weighted by Crippen LogP contribution is -2.48. The second kappa shape index (κ2) is 5.08. The van der Waals surface area contributed by atoms with E-state index in [1.54, 1.807) is 0 Å². The third-order valence-corrected chi connectivity index (χ3v) is 5.82. The van der Waals surface area contributed by atoms with Gasteiger partial charge >= 0.3 is 0 Å². The van der Waals surface area contributed by atoms with Crippen molar-refractivity contribution >= 4 is 0 Å². The Kier molecular flexibility index (Phi) is 3.58. The molecule has 3 heteroatoms. The summed E-state index contributed by atoms with van der Waals surface area (Å²) in [6.07, 6.45) is 2.24. The van der Waals surface area contributed by atoms with Crippen molar-refractivity contribution in [1.82, 2.24) is 5.06 Å². The fraction of sp³-hybridized carbons (Fsp3) is 0.632. The predicted molar refractivity (Wildman–Crippen MR) is 87.1 cm³/mol. The fourth-order valence-electron chi connectivity index (χ4n) is 4.89. The molecule has 1 saturated carbocycles. The molecule has 3 nitrogen and oxygen atoms in total. The molecule has 0 amide bonds. The van der Waals surface area contributed by atoms with Crippen molar-refractivity contribution in [2.75, 3.05) is 7.05 Å². The monoisotopic (exact) mass is 298 g/mol. The van der Waals surface area contributed by atoms with E-state index in [0.717, 1.165) is 18.4 Å². The van der Waals surface area contributed by atoms with E-state index in [0.29, 0.717) is 17.9 Å². The van der Waals surface area contributed by atoms with Crippen molar-refractivity contribution in [3.63, 3.8) is 0 Å². The summed E-state index contributed by atoms with van der Waals surface area (Å²) >= 11 is 0. The highest BCUT2D eigenvalue weighted by atomic mass is 16.7. The van der Waals surface area contributed by atoms with Crippen molar-refractivity contribution in [1.29, 1.82) is 5.26 Å². The first-order valence-corrected chi connectivity index (χ1v) is 8.19. The molecule has 1 aromatic carbocycles. The summed E-state index contributed by atoms with van der Waals surface area (Å²) in [5.41, 5.74) is 2.04. The van der Waals surface area contributed by atoms with Gasteiger partial charge < -0.3 is 0 Å². The van der Waals surface area contributed by atoms with Crippen LogP contribution in [0.1, 0.15) is 51.7 Å². The van der Waals surface area contributed by atoms with Gasteiger partial charge in [0.05, 0.1) is 17.2 Å². The molecule has 1 saturated heterocycles. The standard InChI is InChI=1S/C19H26N2O/c1-13-10-19(4,15-8-6-7-14(9-15)12-20)11-16-17(13)21(5)22-18(16,2)3/h6-9,13,16-17H,10-11H2,1-5H3/t13?,16-,17-,19-/m1/s1. The summed E-state index contributed by atoms with van der Waals surface area (Å²) in [6, 6.07) is 10.9. The Bertz CT molecular complexity index is 618. The molecule has 22 heavy (non-hydrogen) atoms. The summed E-state index contributed by atoms with van der Waals surface area (Å²) in [6.45, 7) is 9.10. The van der Waals surface area contributed by atoms with Gasteiger partial charge in [0.25, 0.3) is 0 Å². The van der Waals surface area contributed by atoms with E-state index in [4.69, 9.17) is 4.84 Å². The molecular weight excluding hydrogens is 272 g/mol. The molecule has 1 aromatic rings. The molecule has 0 bridgehead atoms. The predicted octanol–water partition coefficient (Wildman–Crippen LogP) is 3.89. The highest BCUT2D eigenvalue weighted by molar-refractivity contribution is 5.37. The van der Waals surface area contributed by atoms with Gasteiger partial charge in [-0.15, -0.1) is 0 Å². The zero-order valence-electron chi connectivity index (χ0n) is 14.3. The minimum Gasteiger partial charge on any atom is -0.293 e. The van der Waals surface area contributed by atoms with E-state index in [1.165, 1.54) is 5.56 Å². The Balaban J connectivity index is 1.98. The van der Waals surface area contributed by atoms with Crippen LogP contribution in [0.3, 0.4) is 0 Å². The summed E-state index contributed by atoms with van der Waals surface area (Å²) in [5, 5.41) is 11.3. The number of nitrogens with zero attached hydrogens (tertiary/aromatic N) is 2. The lowest BCUT2D eigenvalue weighted by Gasteiger charge is -2.46. The largest absolute Gasteiger partial charge is 0.293 e. The summed E-state index contributed by atoms with van der Waals surface area (Å²) in [5.74, 6) is 1.08. The van der Waals surface area contributed by atoms with Crippen LogP contribution in [0, 0.1) is 23.2 Å².